The number of anilines is 1. The maximum Gasteiger partial charge on any atom is 0.341 e. The summed E-state index contributed by atoms with van der Waals surface area (Å²) in [6.07, 6.45) is 7.39. The molecule has 0 saturated carbocycles. The Morgan fingerprint density at radius 1 is 1.03 bits per heavy atom. The van der Waals surface area contributed by atoms with Crippen LogP contribution < -0.4 is 10.3 Å². The number of unbranched alkanes of at least 4 members (excludes halogenated alkanes) is 4. The number of aryl methyl sites for hydroxylation is 1. The molecule has 2 heterocycles. The second kappa shape index (κ2) is 10.6. The number of carboxylic acids is 1. The largest absolute Gasteiger partial charge is 0.477 e. The number of carbonyl (C=O) groups is 2. The van der Waals surface area contributed by atoms with Gasteiger partial charge in [-0.1, -0.05) is 32.6 Å². The molecule has 1 aromatic carbocycles. The van der Waals surface area contributed by atoms with Crippen molar-refractivity contribution in [2.45, 2.75) is 58.9 Å². The van der Waals surface area contributed by atoms with Gasteiger partial charge < -0.3 is 19.5 Å². The maximum atomic E-state index is 15.0. The lowest BCUT2D eigenvalue weighted by Crippen LogP contribution is -2.49. The molecule has 1 aliphatic rings. The highest BCUT2D eigenvalue weighted by Gasteiger charge is 2.24. The lowest BCUT2D eigenvalue weighted by atomic mass is 10.1. The number of nitrogens with zero attached hydrogens (tertiary/aromatic N) is 3. The molecule has 32 heavy (non-hydrogen) atoms. The molecule has 1 saturated heterocycles. The summed E-state index contributed by atoms with van der Waals surface area (Å²) in [5.41, 5.74) is -0.177. The number of carboxylic acid groups (broad SMARTS) is 1. The van der Waals surface area contributed by atoms with Crippen molar-refractivity contribution in [3.8, 4) is 0 Å². The Kier molecular flexibility index (Phi) is 7.88. The predicted molar refractivity (Wildman–Crippen MR) is 123 cm³/mol. The summed E-state index contributed by atoms with van der Waals surface area (Å²) in [4.78, 5) is 40.1. The fraction of sp³-hybridized carbons (Fsp3) is 0.542. The smallest absolute Gasteiger partial charge is 0.341 e. The van der Waals surface area contributed by atoms with Crippen molar-refractivity contribution in [2.24, 2.45) is 0 Å². The third-order valence-corrected chi connectivity index (χ3v) is 6.19. The molecule has 7 nitrogen and oxygen atoms in total. The van der Waals surface area contributed by atoms with E-state index in [0.29, 0.717) is 50.3 Å². The quantitative estimate of drug-likeness (QED) is 0.593. The Labute approximate surface area is 187 Å². The van der Waals surface area contributed by atoms with Crippen molar-refractivity contribution in [1.29, 1.82) is 0 Å². The zero-order valence-electron chi connectivity index (χ0n) is 18.9. The molecule has 1 amide bonds. The van der Waals surface area contributed by atoms with Gasteiger partial charge in [-0.2, -0.15) is 0 Å². The number of hydrogen-bond acceptors (Lipinski definition) is 4. The fourth-order valence-electron chi connectivity index (χ4n) is 4.29. The van der Waals surface area contributed by atoms with Gasteiger partial charge in [0.2, 0.25) is 11.3 Å². The molecule has 1 aromatic heterocycles. The number of benzene rings is 1. The summed E-state index contributed by atoms with van der Waals surface area (Å²) in [7, 11) is 0. The van der Waals surface area contributed by atoms with Crippen LogP contribution in [-0.4, -0.2) is 52.6 Å². The van der Waals surface area contributed by atoms with Crippen LogP contribution in [0.15, 0.2) is 23.1 Å². The van der Waals surface area contributed by atoms with Crippen molar-refractivity contribution in [2.75, 3.05) is 31.1 Å². The van der Waals surface area contributed by atoms with Crippen molar-refractivity contribution in [3.05, 3.63) is 39.9 Å². The fourth-order valence-corrected chi connectivity index (χ4v) is 4.29. The molecule has 0 spiro atoms. The van der Waals surface area contributed by atoms with Crippen LogP contribution in [0.5, 0.6) is 0 Å². The van der Waals surface area contributed by atoms with Crippen LogP contribution in [0.3, 0.4) is 0 Å². The van der Waals surface area contributed by atoms with Gasteiger partial charge in [-0.05, 0) is 25.5 Å². The van der Waals surface area contributed by atoms with E-state index in [1.54, 1.807) is 10.6 Å². The third-order valence-electron chi connectivity index (χ3n) is 6.19. The van der Waals surface area contributed by atoms with Gasteiger partial charge in [-0.15, -0.1) is 0 Å². The van der Waals surface area contributed by atoms with Gasteiger partial charge in [0.05, 0.1) is 11.2 Å². The number of aromatic carboxylic acids is 1. The summed E-state index contributed by atoms with van der Waals surface area (Å²) >= 11 is 0. The normalized spacial score (nSPS) is 14.2. The van der Waals surface area contributed by atoms with Gasteiger partial charge in [0.15, 0.2) is 0 Å². The van der Waals surface area contributed by atoms with Crippen molar-refractivity contribution >= 4 is 28.5 Å². The monoisotopic (exact) mass is 445 g/mol. The topological polar surface area (TPSA) is 82.8 Å². The number of rotatable bonds is 9. The molecule has 1 N–H and O–H groups in total. The summed E-state index contributed by atoms with van der Waals surface area (Å²) in [5, 5.41) is 9.35. The molecule has 0 atom stereocenters. The van der Waals surface area contributed by atoms with Crippen LogP contribution in [0.1, 0.15) is 62.7 Å². The number of aromatic nitrogens is 1. The maximum absolute atomic E-state index is 15.0. The highest BCUT2D eigenvalue weighted by molar-refractivity contribution is 5.93. The van der Waals surface area contributed by atoms with Crippen LogP contribution in [0.4, 0.5) is 10.1 Å². The SMILES string of the molecule is CCCCCCCC(=O)N1CCN(c2cc3c(cc2F)c(=O)c(C(=O)O)cn3CC)CC1. The van der Waals surface area contributed by atoms with E-state index in [-0.39, 0.29) is 16.9 Å². The van der Waals surface area contributed by atoms with E-state index in [1.807, 2.05) is 16.7 Å². The average molecular weight is 446 g/mol. The Hall–Kier alpha value is -2.90. The second-order valence-electron chi connectivity index (χ2n) is 8.32. The van der Waals surface area contributed by atoms with E-state index in [1.165, 1.54) is 19.0 Å². The molecule has 2 aromatic rings. The second-order valence-corrected chi connectivity index (χ2v) is 8.32. The van der Waals surface area contributed by atoms with Gasteiger partial charge >= 0.3 is 5.97 Å². The van der Waals surface area contributed by atoms with Gasteiger partial charge in [-0.25, -0.2) is 9.18 Å². The molecule has 8 heteroatoms. The Bertz CT molecular complexity index is 1040. The zero-order chi connectivity index (χ0) is 23.3. The number of amides is 1. The van der Waals surface area contributed by atoms with Crippen molar-refractivity contribution in [3.63, 3.8) is 0 Å². The number of fused-ring (bicyclic) bond motifs is 1. The van der Waals surface area contributed by atoms with Gasteiger partial charge in [-0.3, -0.25) is 9.59 Å². The highest BCUT2D eigenvalue weighted by atomic mass is 19.1. The van der Waals surface area contributed by atoms with Gasteiger partial charge in [0.1, 0.15) is 11.4 Å². The summed E-state index contributed by atoms with van der Waals surface area (Å²) in [5.74, 6) is -1.73. The molecule has 3 rings (SSSR count). The first kappa shape index (κ1) is 23.8. The van der Waals surface area contributed by atoms with Crippen LogP contribution in [0.25, 0.3) is 10.9 Å². The third kappa shape index (κ3) is 5.11. The van der Waals surface area contributed by atoms with Gasteiger partial charge in [0, 0.05) is 50.7 Å². The number of halogens is 1. The minimum Gasteiger partial charge on any atom is -0.477 e. The molecule has 174 valence electrons. The predicted octanol–water partition coefficient (Wildman–Crippen LogP) is 3.87. The van der Waals surface area contributed by atoms with Crippen LogP contribution in [0.2, 0.25) is 0 Å². The molecular weight excluding hydrogens is 413 g/mol. The first-order valence-electron chi connectivity index (χ1n) is 11.5. The van der Waals surface area contributed by atoms with Crippen LogP contribution in [-0.2, 0) is 11.3 Å². The van der Waals surface area contributed by atoms with E-state index in [2.05, 4.69) is 6.92 Å². The Morgan fingerprint density at radius 3 is 2.34 bits per heavy atom. The molecular formula is C24H32FN3O4. The molecule has 0 radical (unpaired) electrons. The minimum absolute atomic E-state index is 0.0601. The summed E-state index contributed by atoms with van der Waals surface area (Å²) in [6, 6.07) is 2.76. The molecule has 1 aliphatic heterocycles. The lowest BCUT2D eigenvalue weighted by Gasteiger charge is -2.36. The van der Waals surface area contributed by atoms with E-state index in [0.717, 1.165) is 25.3 Å². The van der Waals surface area contributed by atoms with Crippen molar-refractivity contribution < 1.29 is 19.1 Å². The Morgan fingerprint density at radius 2 is 1.72 bits per heavy atom. The number of carbonyl (C=O) groups excluding carboxylic acids is 1. The molecule has 1 fully saturated rings. The van der Waals surface area contributed by atoms with Crippen LogP contribution in [0, 0.1) is 5.82 Å². The molecule has 0 unspecified atom stereocenters. The van der Waals surface area contributed by atoms with Crippen molar-refractivity contribution in [1.82, 2.24) is 9.47 Å². The standard InChI is InChI=1S/C24H32FN3O4/c1-3-5-6-7-8-9-22(29)28-12-10-27(11-13-28)21-15-20-17(14-19(21)25)23(30)18(24(31)32)16-26(20)4-2/h14-16H,3-13H2,1-2H3,(H,31,32). The summed E-state index contributed by atoms with van der Waals surface area (Å²) in [6.45, 7) is 6.53. The van der Waals surface area contributed by atoms with E-state index in [4.69, 9.17) is 0 Å². The number of hydrogen-bond donors (Lipinski definition) is 1. The minimum atomic E-state index is -1.32. The zero-order valence-corrected chi connectivity index (χ0v) is 18.9. The van der Waals surface area contributed by atoms with E-state index >= 15 is 0 Å². The summed E-state index contributed by atoms with van der Waals surface area (Å²) < 4.78 is 16.6. The lowest BCUT2D eigenvalue weighted by molar-refractivity contribution is -0.131. The van der Waals surface area contributed by atoms with Crippen LogP contribution >= 0.6 is 0 Å². The van der Waals surface area contributed by atoms with Gasteiger partial charge in [0.25, 0.3) is 0 Å². The molecule has 0 aliphatic carbocycles. The molecule has 0 bridgehead atoms. The first-order valence-corrected chi connectivity index (χ1v) is 11.5. The number of pyridine rings is 1. The average Bonchev–Trinajstić information content (AvgIpc) is 2.79. The number of piperazine rings is 1. The Balaban J connectivity index is 1.73. The van der Waals surface area contributed by atoms with E-state index < -0.39 is 17.2 Å². The van der Waals surface area contributed by atoms with E-state index in [9.17, 15) is 23.9 Å². The first-order chi connectivity index (χ1) is 15.4. The highest BCUT2D eigenvalue weighted by Crippen LogP contribution is 2.26.